The summed E-state index contributed by atoms with van der Waals surface area (Å²) >= 11 is 0. The molecule has 1 aliphatic rings. The Labute approximate surface area is 151 Å². The summed E-state index contributed by atoms with van der Waals surface area (Å²) in [5.74, 6) is 1.00. The van der Waals surface area contributed by atoms with Gasteiger partial charge in [0.15, 0.2) is 0 Å². The Kier molecular flexibility index (Phi) is 5.46. The van der Waals surface area contributed by atoms with Crippen molar-refractivity contribution in [3.8, 4) is 5.88 Å². The third-order valence-corrected chi connectivity index (χ3v) is 4.89. The normalized spacial score (nSPS) is 19.5. The molecular formula is C19H22F3N3O. The quantitative estimate of drug-likeness (QED) is 0.799. The van der Waals surface area contributed by atoms with Crippen molar-refractivity contribution in [3.63, 3.8) is 0 Å². The lowest BCUT2D eigenvalue weighted by molar-refractivity contribution is -0.141. The van der Waals surface area contributed by atoms with Crippen molar-refractivity contribution in [3.05, 3.63) is 53.5 Å². The van der Waals surface area contributed by atoms with E-state index in [1.54, 1.807) is 7.11 Å². The second-order valence-electron chi connectivity index (χ2n) is 6.68. The number of alkyl halides is 3. The van der Waals surface area contributed by atoms with Crippen LogP contribution in [0.2, 0.25) is 0 Å². The number of hydrogen-bond acceptors (Lipinski definition) is 4. The number of likely N-dealkylation sites (tertiary alicyclic amines) is 1. The predicted molar refractivity (Wildman–Crippen MR) is 91.8 cm³/mol. The van der Waals surface area contributed by atoms with Crippen LogP contribution in [0.25, 0.3) is 0 Å². The average Bonchev–Trinajstić information content (AvgIpc) is 3.09. The molecule has 2 aromatic heterocycles. The van der Waals surface area contributed by atoms with E-state index in [9.17, 15) is 13.2 Å². The second-order valence-corrected chi connectivity index (χ2v) is 6.68. The maximum Gasteiger partial charge on any atom is 0.433 e. The molecule has 0 aliphatic carbocycles. The SMILES string of the molecule is COc1cccc(C(C)N2CC[C@H](Cc3ccc(C(F)(F)F)nc3)C2)n1. The molecule has 7 heteroatoms. The minimum Gasteiger partial charge on any atom is -0.481 e. The number of aromatic nitrogens is 2. The summed E-state index contributed by atoms with van der Waals surface area (Å²) in [6.07, 6.45) is -1.30. The summed E-state index contributed by atoms with van der Waals surface area (Å²) in [4.78, 5) is 10.4. The van der Waals surface area contributed by atoms with Gasteiger partial charge in [-0.25, -0.2) is 4.98 Å². The molecule has 0 saturated carbocycles. The lowest BCUT2D eigenvalue weighted by Crippen LogP contribution is -2.25. The first-order valence-electron chi connectivity index (χ1n) is 8.64. The molecule has 4 nitrogen and oxygen atoms in total. The van der Waals surface area contributed by atoms with Crippen molar-refractivity contribution in [2.75, 3.05) is 20.2 Å². The lowest BCUT2D eigenvalue weighted by atomic mass is 10.00. The fourth-order valence-corrected chi connectivity index (χ4v) is 3.39. The molecule has 26 heavy (non-hydrogen) atoms. The van der Waals surface area contributed by atoms with E-state index in [1.807, 2.05) is 18.2 Å². The number of methoxy groups -OCH3 is 1. The Morgan fingerprint density at radius 2 is 2.08 bits per heavy atom. The Hall–Kier alpha value is -2.15. The number of pyridine rings is 2. The summed E-state index contributed by atoms with van der Waals surface area (Å²) in [6.45, 7) is 3.95. The van der Waals surface area contributed by atoms with Crippen LogP contribution < -0.4 is 4.74 Å². The molecular weight excluding hydrogens is 343 g/mol. The van der Waals surface area contributed by atoms with Crippen molar-refractivity contribution in [2.24, 2.45) is 5.92 Å². The van der Waals surface area contributed by atoms with Crippen molar-refractivity contribution in [2.45, 2.75) is 32.0 Å². The topological polar surface area (TPSA) is 38.2 Å². The van der Waals surface area contributed by atoms with Crippen LogP contribution in [0.1, 0.15) is 36.3 Å². The minimum absolute atomic E-state index is 0.167. The summed E-state index contributed by atoms with van der Waals surface area (Å²) in [7, 11) is 1.60. The molecule has 2 atom stereocenters. The molecule has 1 unspecified atom stereocenters. The van der Waals surface area contributed by atoms with Crippen LogP contribution in [0.5, 0.6) is 5.88 Å². The van der Waals surface area contributed by atoms with Crippen molar-refractivity contribution in [1.29, 1.82) is 0 Å². The van der Waals surface area contributed by atoms with E-state index in [2.05, 4.69) is 21.8 Å². The van der Waals surface area contributed by atoms with Crippen molar-refractivity contribution in [1.82, 2.24) is 14.9 Å². The Morgan fingerprint density at radius 3 is 2.73 bits per heavy atom. The molecule has 3 heterocycles. The van der Waals surface area contributed by atoms with Gasteiger partial charge in [0, 0.05) is 24.8 Å². The van der Waals surface area contributed by atoms with E-state index in [-0.39, 0.29) is 6.04 Å². The maximum absolute atomic E-state index is 12.6. The molecule has 0 radical (unpaired) electrons. The van der Waals surface area contributed by atoms with E-state index in [0.29, 0.717) is 11.8 Å². The van der Waals surface area contributed by atoms with Crippen LogP contribution in [0.4, 0.5) is 13.2 Å². The average molecular weight is 365 g/mol. The third kappa shape index (κ3) is 4.33. The van der Waals surface area contributed by atoms with Crippen molar-refractivity contribution < 1.29 is 17.9 Å². The molecule has 0 aromatic carbocycles. The smallest absolute Gasteiger partial charge is 0.433 e. The van der Waals surface area contributed by atoms with Gasteiger partial charge in [-0.2, -0.15) is 13.2 Å². The summed E-state index contributed by atoms with van der Waals surface area (Å²) in [5.41, 5.74) is 0.963. The molecule has 0 amide bonds. The number of ether oxygens (including phenoxy) is 1. The molecule has 140 valence electrons. The van der Waals surface area contributed by atoms with Crippen LogP contribution in [-0.2, 0) is 12.6 Å². The van der Waals surface area contributed by atoms with Gasteiger partial charge in [-0.15, -0.1) is 0 Å². The van der Waals surface area contributed by atoms with Gasteiger partial charge in [-0.3, -0.25) is 9.88 Å². The summed E-state index contributed by atoms with van der Waals surface area (Å²) in [5, 5.41) is 0. The van der Waals surface area contributed by atoms with Crippen LogP contribution in [-0.4, -0.2) is 35.1 Å². The molecule has 1 saturated heterocycles. The minimum atomic E-state index is -4.39. The zero-order valence-corrected chi connectivity index (χ0v) is 14.8. The standard InChI is InChI=1S/C19H22F3N3O/c1-13(16-4-3-5-18(24-16)26-2)25-9-8-15(12-25)10-14-6-7-17(23-11-14)19(20,21)22/h3-7,11,13,15H,8-10,12H2,1-2H3/t13?,15-/m1/s1. The molecule has 2 aromatic rings. The van der Waals surface area contributed by atoms with Crippen LogP contribution in [0.3, 0.4) is 0 Å². The number of nitrogens with zero attached hydrogens (tertiary/aromatic N) is 3. The Morgan fingerprint density at radius 1 is 1.27 bits per heavy atom. The fraction of sp³-hybridized carbons (Fsp3) is 0.474. The molecule has 0 spiro atoms. The van der Waals surface area contributed by atoms with Crippen LogP contribution in [0.15, 0.2) is 36.5 Å². The van der Waals surface area contributed by atoms with Gasteiger partial charge in [0.1, 0.15) is 5.69 Å². The van der Waals surface area contributed by atoms with Gasteiger partial charge >= 0.3 is 6.18 Å². The predicted octanol–water partition coefficient (Wildman–Crippen LogP) is 4.13. The largest absolute Gasteiger partial charge is 0.481 e. The Bertz CT molecular complexity index is 734. The van der Waals surface area contributed by atoms with E-state index >= 15 is 0 Å². The molecule has 1 aliphatic heterocycles. The van der Waals surface area contributed by atoms with E-state index in [0.717, 1.165) is 43.3 Å². The van der Waals surface area contributed by atoms with E-state index < -0.39 is 11.9 Å². The Balaban J connectivity index is 1.59. The lowest BCUT2D eigenvalue weighted by Gasteiger charge is -2.24. The van der Waals surface area contributed by atoms with Gasteiger partial charge < -0.3 is 4.74 Å². The van der Waals surface area contributed by atoms with Gasteiger partial charge in [-0.05, 0) is 49.9 Å². The van der Waals surface area contributed by atoms with Crippen LogP contribution in [0, 0.1) is 5.92 Å². The molecule has 0 N–H and O–H groups in total. The molecule has 1 fully saturated rings. The first-order chi connectivity index (χ1) is 12.4. The number of halogens is 3. The monoisotopic (exact) mass is 365 g/mol. The second kappa shape index (κ2) is 7.61. The highest BCUT2D eigenvalue weighted by atomic mass is 19.4. The summed E-state index contributed by atoms with van der Waals surface area (Å²) < 4.78 is 43.0. The van der Waals surface area contributed by atoms with Gasteiger partial charge in [0.25, 0.3) is 0 Å². The zero-order chi connectivity index (χ0) is 18.7. The zero-order valence-electron chi connectivity index (χ0n) is 14.8. The molecule has 3 rings (SSSR count). The van der Waals surface area contributed by atoms with E-state index in [1.165, 1.54) is 12.3 Å². The van der Waals surface area contributed by atoms with Crippen molar-refractivity contribution >= 4 is 0 Å². The first kappa shape index (κ1) is 18.6. The highest BCUT2D eigenvalue weighted by Crippen LogP contribution is 2.30. The number of hydrogen-bond donors (Lipinski definition) is 0. The molecule has 0 bridgehead atoms. The highest BCUT2D eigenvalue weighted by molar-refractivity contribution is 5.19. The summed E-state index contributed by atoms with van der Waals surface area (Å²) in [6, 6.07) is 8.50. The fourth-order valence-electron chi connectivity index (χ4n) is 3.39. The highest BCUT2D eigenvalue weighted by Gasteiger charge is 2.32. The third-order valence-electron chi connectivity index (χ3n) is 4.89. The van der Waals surface area contributed by atoms with Gasteiger partial charge in [0.2, 0.25) is 5.88 Å². The first-order valence-corrected chi connectivity index (χ1v) is 8.64. The maximum atomic E-state index is 12.6. The van der Waals surface area contributed by atoms with Gasteiger partial charge in [-0.1, -0.05) is 12.1 Å². The van der Waals surface area contributed by atoms with E-state index in [4.69, 9.17) is 4.74 Å². The van der Waals surface area contributed by atoms with Gasteiger partial charge in [0.05, 0.1) is 12.8 Å². The number of rotatable bonds is 5. The van der Waals surface area contributed by atoms with Crippen LogP contribution >= 0.6 is 0 Å².